The van der Waals surface area contributed by atoms with Crippen LogP contribution in [0, 0.1) is 5.92 Å². The lowest BCUT2D eigenvalue weighted by Crippen LogP contribution is -2.49. The Balaban J connectivity index is 1.20. The summed E-state index contributed by atoms with van der Waals surface area (Å²) in [5.74, 6) is 1.26. The maximum atomic E-state index is 12.9. The number of fused-ring (bicyclic) bond motifs is 1. The molecule has 4 heterocycles. The number of thiazole rings is 1. The molecule has 2 aliphatic rings. The molecule has 0 spiro atoms. The Labute approximate surface area is 196 Å². The minimum absolute atomic E-state index is 0.170. The van der Waals surface area contributed by atoms with E-state index in [1.54, 1.807) is 17.7 Å². The highest BCUT2D eigenvalue weighted by Crippen LogP contribution is 2.35. The zero-order valence-corrected chi connectivity index (χ0v) is 19.9. The van der Waals surface area contributed by atoms with Crippen LogP contribution in [0.5, 0.6) is 0 Å². The van der Waals surface area contributed by atoms with Crippen LogP contribution in [0.15, 0.2) is 41.7 Å². The molecule has 1 unspecified atom stereocenters. The number of carbonyl (C=O) groups is 1. The molecule has 2 saturated heterocycles. The molecule has 9 heteroatoms. The average molecular weight is 469 g/mol. The Morgan fingerprint density at radius 1 is 1.09 bits per heavy atom. The number of piperazine rings is 1. The lowest BCUT2D eigenvalue weighted by molar-refractivity contribution is -0.128. The van der Waals surface area contributed by atoms with Gasteiger partial charge in [0.15, 0.2) is 10.8 Å². The van der Waals surface area contributed by atoms with E-state index >= 15 is 0 Å². The molecule has 1 atom stereocenters. The third-order valence-electron chi connectivity index (χ3n) is 6.16. The van der Waals surface area contributed by atoms with E-state index in [0.29, 0.717) is 11.7 Å². The quantitative estimate of drug-likeness (QED) is 0.417. The molecule has 1 amide bonds. The standard InChI is InChI=1S/C23H28N6OS2/c1-17-6-5-9-29(14-17)23-26-21-20(32-23)22(25-16-24-21)31-15-19(30)28-12-10-27(11-13-28)18-7-3-2-4-8-18/h2-4,7-8,16-17H,5-6,9-15H2,1H3. The Bertz CT molecular complexity index is 1070. The number of anilines is 2. The number of aromatic nitrogens is 3. The number of piperidine rings is 1. The first-order valence-electron chi connectivity index (χ1n) is 11.2. The molecule has 168 valence electrons. The van der Waals surface area contributed by atoms with Crippen molar-refractivity contribution in [3.63, 3.8) is 0 Å². The van der Waals surface area contributed by atoms with Crippen molar-refractivity contribution in [2.75, 3.05) is 54.8 Å². The molecule has 2 aliphatic heterocycles. The fourth-order valence-corrected chi connectivity index (χ4v) is 6.43. The predicted octanol–water partition coefficient (Wildman–Crippen LogP) is 3.76. The van der Waals surface area contributed by atoms with Crippen LogP contribution in [0.1, 0.15) is 19.8 Å². The molecule has 3 aromatic rings. The highest BCUT2D eigenvalue weighted by molar-refractivity contribution is 8.00. The van der Waals surface area contributed by atoms with Gasteiger partial charge in [0.2, 0.25) is 5.91 Å². The monoisotopic (exact) mass is 468 g/mol. The van der Waals surface area contributed by atoms with E-state index in [1.807, 2.05) is 11.0 Å². The van der Waals surface area contributed by atoms with E-state index in [4.69, 9.17) is 4.98 Å². The van der Waals surface area contributed by atoms with Crippen LogP contribution in [0.2, 0.25) is 0 Å². The van der Waals surface area contributed by atoms with Gasteiger partial charge < -0.3 is 14.7 Å². The van der Waals surface area contributed by atoms with Crippen LogP contribution in [0.4, 0.5) is 10.8 Å². The van der Waals surface area contributed by atoms with E-state index in [0.717, 1.165) is 59.8 Å². The summed E-state index contributed by atoms with van der Waals surface area (Å²) >= 11 is 3.16. The van der Waals surface area contributed by atoms with Gasteiger partial charge in [-0.1, -0.05) is 48.2 Å². The fourth-order valence-electron chi connectivity index (χ4n) is 4.40. The van der Waals surface area contributed by atoms with Crippen LogP contribution < -0.4 is 9.80 Å². The number of benzene rings is 1. The lowest BCUT2D eigenvalue weighted by Gasteiger charge is -2.36. The Morgan fingerprint density at radius 2 is 1.91 bits per heavy atom. The first-order valence-corrected chi connectivity index (χ1v) is 13.0. The third kappa shape index (κ3) is 4.68. The van der Waals surface area contributed by atoms with Crippen molar-refractivity contribution in [3.8, 4) is 0 Å². The number of hydrogen-bond donors (Lipinski definition) is 0. The number of hydrogen-bond acceptors (Lipinski definition) is 8. The topological polar surface area (TPSA) is 65.5 Å². The zero-order chi connectivity index (χ0) is 21.9. The second-order valence-electron chi connectivity index (χ2n) is 8.51. The zero-order valence-electron chi connectivity index (χ0n) is 18.3. The van der Waals surface area contributed by atoms with Crippen molar-refractivity contribution >= 4 is 50.2 Å². The molecule has 0 radical (unpaired) electrons. The number of nitrogens with zero attached hydrogens (tertiary/aromatic N) is 6. The van der Waals surface area contributed by atoms with E-state index in [1.165, 1.54) is 30.3 Å². The maximum Gasteiger partial charge on any atom is 0.233 e. The molecule has 7 nitrogen and oxygen atoms in total. The van der Waals surface area contributed by atoms with Crippen LogP contribution in [0.3, 0.4) is 0 Å². The predicted molar refractivity (Wildman–Crippen MR) is 132 cm³/mol. The Kier molecular flexibility index (Phi) is 6.45. The number of para-hydroxylation sites is 1. The van der Waals surface area contributed by atoms with Gasteiger partial charge in [0.25, 0.3) is 0 Å². The third-order valence-corrected chi connectivity index (χ3v) is 8.38. The molecule has 2 fully saturated rings. The first-order chi connectivity index (χ1) is 15.7. The molecule has 5 rings (SSSR count). The van der Waals surface area contributed by atoms with Gasteiger partial charge >= 0.3 is 0 Å². The summed E-state index contributed by atoms with van der Waals surface area (Å²) in [6.45, 7) is 7.63. The van der Waals surface area contributed by atoms with Crippen LogP contribution in [-0.2, 0) is 4.79 Å². The number of rotatable bonds is 5. The number of thioether (sulfide) groups is 1. The smallest absolute Gasteiger partial charge is 0.233 e. The van der Waals surface area contributed by atoms with Crippen LogP contribution >= 0.6 is 23.1 Å². The second kappa shape index (κ2) is 9.62. The summed E-state index contributed by atoms with van der Waals surface area (Å²) in [5.41, 5.74) is 1.96. The minimum Gasteiger partial charge on any atom is -0.368 e. The van der Waals surface area contributed by atoms with Crippen molar-refractivity contribution < 1.29 is 4.79 Å². The van der Waals surface area contributed by atoms with E-state index < -0.39 is 0 Å². The van der Waals surface area contributed by atoms with Gasteiger partial charge in [0.1, 0.15) is 16.1 Å². The summed E-state index contributed by atoms with van der Waals surface area (Å²) in [6, 6.07) is 10.4. The number of carbonyl (C=O) groups excluding carboxylic acids is 1. The second-order valence-corrected chi connectivity index (χ2v) is 10.5. The van der Waals surface area contributed by atoms with Gasteiger partial charge in [-0.05, 0) is 30.9 Å². The van der Waals surface area contributed by atoms with Crippen LogP contribution in [0.25, 0.3) is 10.3 Å². The van der Waals surface area contributed by atoms with E-state index in [9.17, 15) is 4.79 Å². The molecule has 1 aromatic carbocycles. The van der Waals surface area contributed by atoms with Gasteiger partial charge in [-0.25, -0.2) is 9.97 Å². The largest absolute Gasteiger partial charge is 0.368 e. The first kappa shape index (κ1) is 21.5. The average Bonchev–Trinajstić information content (AvgIpc) is 3.28. The SMILES string of the molecule is CC1CCCN(c2nc3ncnc(SCC(=O)N4CCN(c5ccccc5)CC4)c3s2)C1. The molecular weight excluding hydrogens is 440 g/mol. The van der Waals surface area contributed by atoms with Crippen molar-refractivity contribution in [2.45, 2.75) is 24.8 Å². The van der Waals surface area contributed by atoms with Gasteiger partial charge in [-0.3, -0.25) is 4.79 Å². The molecule has 32 heavy (non-hydrogen) atoms. The molecule has 0 N–H and O–H groups in total. The summed E-state index contributed by atoms with van der Waals surface area (Å²) < 4.78 is 0.993. The summed E-state index contributed by atoms with van der Waals surface area (Å²) in [6.07, 6.45) is 4.05. The van der Waals surface area contributed by atoms with Gasteiger partial charge in [-0.2, -0.15) is 4.98 Å². The van der Waals surface area contributed by atoms with Gasteiger partial charge in [-0.15, -0.1) is 0 Å². The molecule has 0 aliphatic carbocycles. The Morgan fingerprint density at radius 3 is 2.69 bits per heavy atom. The van der Waals surface area contributed by atoms with Crippen LogP contribution in [-0.4, -0.2) is 70.8 Å². The molecular formula is C23H28N6OS2. The lowest BCUT2D eigenvalue weighted by atomic mass is 10.0. The van der Waals surface area contributed by atoms with Gasteiger partial charge in [0, 0.05) is 45.0 Å². The normalized spacial score (nSPS) is 19.5. The molecule has 2 aromatic heterocycles. The van der Waals surface area contributed by atoms with Crippen molar-refractivity contribution in [2.24, 2.45) is 5.92 Å². The van der Waals surface area contributed by atoms with E-state index in [2.05, 4.69) is 51.0 Å². The van der Waals surface area contributed by atoms with Crippen molar-refractivity contribution in [3.05, 3.63) is 36.7 Å². The molecule has 0 bridgehead atoms. The summed E-state index contributed by atoms with van der Waals surface area (Å²) in [5, 5.41) is 1.89. The maximum absolute atomic E-state index is 12.9. The molecule has 0 saturated carbocycles. The fraction of sp³-hybridized carbons (Fsp3) is 0.478. The summed E-state index contributed by atoms with van der Waals surface area (Å²) in [7, 11) is 0. The van der Waals surface area contributed by atoms with Crippen molar-refractivity contribution in [1.29, 1.82) is 0 Å². The number of amides is 1. The minimum atomic E-state index is 0.170. The van der Waals surface area contributed by atoms with Crippen molar-refractivity contribution in [1.82, 2.24) is 19.9 Å². The highest BCUT2D eigenvalue weighted by atomic mass is 32.2. The van der Waals surface area contributed by atoms with Gasteiger partial charge in [0.05, 0.1) is 5.75 Å². The van der Waals surface area contributed by atoms with E-state index in [-0.39, 0.29) is 5.91 Å². The Hall–Kier alpha value is -2.39. The summed E-state index contributed by atoms with van der Waals surface area (Å²) in [4.78, 5) is 33.2. The highest BCUT2D eigenvalue weighted by Gasteiger charge is 2.23.